The number of sulfone groups is 1. The maximum atomic E-state index is 12.2. The van der Waals surface area contributed by atoms with Crippen molar-refractivity contribution in [3.8, 4) is 0 Å². The molecule has 106 valence electrons. The summed E-state index contributed by atoms with van der Waals surface area (Å²) in [5.74, 6) is -1.64. The van der Waals surface area contributed by atoms with Crippen LogP contribution >= 0.6 is 11.6 Å². The molecule has 0 amide bonds. The quantitative estimate of drug-likeness (QED) is 0.913. The van der Waals surface area contributed by atoms with Crippen molar-refractivity contribution in [1.29, 1.82) is 0 Å². The van der Waals surface area contributed by atoms with Gasteiger partial charge in [0.1, 0.15) is 5.75 Å². The molecule has 0 spiro atoms. The second-order valence-corrected chi connectivity index (χ2v) is 6.29. The van der Waals surface area contributed by atoms with E-state index in [4.69, 9.17) is 21.1 Å². The number of hydrogen-bond donors (Lipinski definition) is 1. The first-order chi connectivity index (χ1) is 9.29. The van der Waals surface area contributed by atoms with Crippen LogP contribution in [-0.2, 0) is 15.6 Å². The third-order valence-corrected chi connectivity index (χ3v) is 4.47. The van der Waals surface area contributed by atoms with Gasteiger partial charge in [0.05, 0.1) is 15.5 Å². The van der Waals surface area contributed by atoms with Gasteiger partial charge >= 0.3 is 5.97 Å². The number of carbonyl (C=O) groups is 1. The van der Waals surface area contributed by atoms with Gasteiger partial charge in [-0.1, -0.05) is 11.6 Å². The predicted molar refractivity (Wildman–Crippen MR) is 68.3 cm³/mol. The van der Waals surface area contributed by atoms with E-state index < -0.39 is 21.6 Å². The highest BCUT2D eigenvalue weighted by Crippen LogP contribution is 2.25. The normalized spacial score (nSPS) is 11.5. The van der Waals surface area contributed by atoms with E-state index in [2.05, 4.69) is 10.2 Å². The first kappa shape index (κ1) is 14.5. The number of benzene rings is 1. The van der Waals surface area contributed by atoms with Gasteiger partial charge in [-0.05, 0) is 18.2 Å². The van der Waals surface area contributed by atoms with Crippen LogP contribution in [0.2, 0.25) is 5.02 Å². The van der Waals surface area contributed by atoms with Gasteiger partial charge in [-0.25, -0.2) is 13.2 Å². The Labute approximate surface area is 119 Å². The van der Waals surface area contributed by atoms with Gasteiger partial charge in [-0.2, -0.15) is 0 Å². The Kier molecular flexibility index (Phi) is 3.78. The molecular formula is C11H9ClN2O5S. The highest BCUT2D eigenvalue weighted by atomic mass is 35.5. The van der Waals surface area contributed by atoms with E-state index in [-0.39, 0.29) is 27.3 Å². The van der Waals surface area contributed by atoms with Crippen LogP contribution in [0, 0.1) is 6.92 Å². The lowest BCUT2D eigenvalue weighted by molar-refractivity contribution is 0.0696. The predicted octanol–water partition coefficient (Wildman–Crippen LogP) is 1.70. The summed E-state index contributed by atoms with van der Waals surface area (Å²) in [6.45, 7) is 1.53. The third-order valence-electron chi connectivity index (χ3n) is 2.39. The fraction of sp³-hybridized carbons (Fsp3) is 0.182. The highest BCUT2D eigenvalue weighted by molar-refractivity contribution is 7.90. The van der Waals surface area contributed by atoms with Crippen LogP contribution in [0.15, 0.2) is 27.5 Å². The van der Waals surface area contributed by atoms with Crippen molar-refractivity contribution < 1.29 is 22.7 Å². The molecule has 0 fully saturated rings. The first-order valence-corrected chi connectivity index (χ1v) is 7.37. The maximum absolute atomic E-state index is 12.2. The fourth-order valence-electron chi connectivity index (χ4n) is 1.51. The zero-order chi connectivity index (χ0) is 14.9. The molecule has 9 heteroatoms. The molecule has 1 aromatic carbocycles. The molecule has 0 radical (unpaired) electrons. The van der Waals surface area contributed by atoms with Crippen LogP contribution in [-0.4, -0.2) is 29.7 Å². The van der Waals surface area contributed by atoms with Gasteiger partial charge in [-0.3, -0.25) is 0 Å². The number of nitrogens with zero attached hydrogens (tertiary/aromatic N) is 2. The SMILES string of the molecule is Cc1nnc(CS(=O)(=O)c2cc(C(=O)O)ccc2Cl)o1. The van der Waals surface area contributed by atoms with E-state index in [0.717, 1.165) is 6.07 Å². The smallest absolute Gasteiger partial charge is 0.335 e. The standard InChI is InChI=1S/C11H9ClN2O5S/c1-6-13-14-10(19-6)5-20(17,18)9-4-7(11(15)16)2-3-8(9)12/h2-4H,5H2,1H3,(H,15,16). The lowest BCUT2D eigenvalue weighted by Gasteiger charge is -2.05. The lowest BCUT2D eigenvalue weighted by atomic mass is 10.2. The van der Waals surface area contributed by atoms with E-state index in [1.54, 1.807) is 0 Å². The minimum absolute atomic E-state index is 0.0637. The molecule has 0 aliphatic carbocycles. The number of carboxylic acid groups (broad SMARTS) is 1. The molecule has 20 heavy (non-hydrogen) atoms. The molecule has 0 unspecified atom stereocenters. The number of hydrogen-bond acceptors (Lipinski definition) is 6. The molecule has 0 atom stereocenters. The number of carboxylic acids is 1. The Bertz CT molecular complexity index is 769. The first-order valence-electron chi connectivity index (χ1n) is 5.34. The van der Waals surface area contributed by atoms with Crippen molar-refractivity contribution in [2.45, 2.75) is 17.6 Å². The number of aryl methyl sites for hydroxylation is 1. The molecule has 1 N–H and O–H groups in total. The summed E-state index contributed by atoms with van der Waals surface area (Å²) >= 11 is 5.82. The Morgan fingerprint density at radius 3 is 2.65 bits per heavy atom. The molecule has 0 aliphatic rings. The number of aromatic carboxylic acids is 1. The van der Waals surface area contributed by atoms with Gasteiger partial charge in [-0.15, -0.1) is 10.2 Å². The largest absolute Gasteiger partial charge is 0.478 e. The van der Waals surface area contributed by atoms with Crippen molar-refractivity contribution in [2.24, 2.45) is 0 Å². The summed E-state index contributed by atoms with van der Waals surface area (Å²) in [4.78, 5) is 10.6. The summed E-state index contributed by atoms with van der Waals surface area (Å²) in [5.41, 5.74) is -0.172. The molecular weight excluding hydrogens is 308 g/mol. The van der Waals surface area contributed by atoms with E-state index in [0.29, 0.717) is 0 Å². The summed E-state index contributed by atoms with van der Waals surface area (Å²) < 4.78 is 29.4. The molecule has 1 heterocycles. The van der Waals surface area contributed by atoms with Crippen molar-refractivity contribution in [3.05, 3.63) is 40.6 Å². The molecule has 1 aromatic heterocycles. The number of rotatable bonds is 4. The average molecular weight is 317 g/mol. The fourth-order valence-corrected chi connectivity index (χ4v) is 3.25. The monoisotopic (exact) mass is 316 g/mol. The topological polar surface area (TPSA) is 110 Å². The van der Waals surface area contributed by atoms with Gasteiger partial charge in [0, 0.05) is 6.92 Å². The van der Waals surface area contributed by atoms with Crippen LogP contribution < -0.4 is 0 Å². The minimum atomic E-state index is -3.88. The van der Waals surface area contributed by atoms with Crippen molar-refractivity contribution >= 4 is 27.4 Å². The number of halogens is 1. The third kappa shape index (κ3) is 2.97. The Morgan fingerprint density at radius 1 is 1.40 bits per heavy atom. The lowest BCUT2D eigenvalue weighted by Crippen LogP contribution is -2.08. The molecule has 0 saturated heterocycles. The summed E-state index contributed by atoms with van der Waals surface area (Å²) in [6, 6.07) is 3.45. The van der Waals surface area contributed by atoms with Gasteiger partial charge in [0.25, 0.3) is 0 Å². The zero-order valence-electron chi connectivity index (χ0n) is 10.2. The second kappa shape index (κ2) is 5.22. The van der Waals surface area contributed by atoms with Crippen LogP contribution in [0.4, 0.5) is 0 Å². The zero-order valence-corrected chi connectivity index (χ0v) is 11.8. The van der Waals surface area contributed by atoms with E-state index in [1.807, 2.05) is 0 Å². The summed E-state index contributed by atoms with van der Waals surface area (Å²) in [5, 5.41) is 15.9. The summed E-state index contributed by atoms with van der Waals surface area (Å²) in [7, 11) is -3.88. The summed E-state index contributed by atoms with van der Waals surface area (Å²) in [6.07, 6.45) is 0. The van der Waals surface area contributed by atoms with Crippen molar-refractivity contribution in [1.82, 2.24) is 10.2 Å². The molecule has 0 bridgehead atoms. The van der Waals surface area contributed by atoms with Gasteiger partial charge in [0.2, 0.25) is 11.8 Å². The van der Waals surface area contributed by atoms with Crippen molar-refractivity contribution in [2.75, 3.05) is 0 Å². The van der Waals surface area contributed by atoms with Gasteiger partial charge in [0.15, 0.2) is 9.84 Å². The Balaban J connectivity index is 2.43. The molecule has 2 rings (SSSR count). The Morgan fingerprint density at radius 2 is 2.10 bits per heavy atom. The minimum Gasteiger partial charge on any atom is -0.478 e. The van der Waals surface area contributed by atoms with E-state index >= 15 is 0 Å². The average Bonchev–Trinajstić information content (AvgIpc) is 2.73. The van der Waals surface area contributed by atoms with E-state index in [9.17, 15) is 13.2 Å². The Hall–Kier alpha value is -1.93. The molecule has 0 aliphatic heterocycles. The number of aromatic nitrogens is 2. The van der Waals surface area contributed by atoms with Crippen LogP contribution in [0.3, 0.4) is 0 Å². The van der Waals surface area contributed by atoms with Gasteiger partial charge < -0.3 is 9.52 Å². The van der Waals surface area contributed by atoms with Crippen LogP contribution in [0.1, 0.15) is 22.1 Å². The maximum Gasteiger partial charge on any atom is 0.335 e. The second-order valence-electron chi connectivity index (χ2n) is 3.92. The molecule has 2 aromatic rings. The van der Waals surface area contributed by atoms with E-state index in [1.165, 1.54) is 19.1 Å². The van der Waals surface area contributed by atoms with Crippen LogP contribution in [0.5, 0.6) is 0 Å². The molecule has 7 nitrogen and oxygen atoms in total. The van der Waals surface area contributed by atoms with Crippen molar-refractivity contribution in [3.63, 3.8) is 0 Å². The highest BCUT2D eigenvalue weighted by Gasteiger charge is 2.23. The molecule has 0 saturated carbocycles. The van der Waals surface area contributed by atoms with Crippen LogP contribution in [0.25, 0.3) is 0 Å².